The van der Waals surface area contributed by atoms with Gasteiger partial charge in [0.05, 0.1) is 16.1 Å². The van der Waals surface area contributed by atoms with Crippen LogP contribution in [0.5, 0.6) is 0 Å². The predicted molar refractivity (Wildman–Crippen MR) is 104 cm³/mol. The number of aryl methyl sites for hydroxylation is 1. The van der Waals surface area contributed by atoms with Gasteiger partial charge < -0.3 is 15.2 Å². The SMILES string of the molecule is Cl.Cl.Cn1c(=O)ccc2ncc(Cl)c(CCN3CCC(N)CC3)c21. The number of halogens is 3. The molecule has 0 spiro atoms. The van der Waals surface area contributed by atoms with E-state index >= 15 is 0 Å². The zero-order valence-electron chi connectivity index (χ0n) is 13.6. The Morgan fingerprint density at radius 2 is 1.96 bits per heavy atom. The van der Waals surface area contributed by atoms with Crippen LogP contribution in [0.2, 0.25) is 5.02 Å². The lowest BCUT2D eigenvalue weighted by molar-refractivity contribution is 0.216. The summed E-state index contributed by atoms with van der Waals surface area (Å²) in [6.45, 7) is 2.98. The lowest BCUT2D eigenvalue weighted by atomic mass is 10.0. The fraction of sp³-hybridized carbons (Fsp3) is 0.500. The van der Waals surface area contributed by atoms with E-state index in [4.69, 9.17) is 17.3 Å². The zero-order valence-corrected chi connectivity index (χ0v) is 16.0. The van der Waals surface area contributed by atoms with Gasteiger partial charge in [-0.1, -0.05) is 11.6 Å². The fourth-order valence-corrected chi connectivity index (χ4v) is 3.32. The first-order valence-electron chi connectivity index (χ1n) is 7.67. The van der Waals surface area contributed by atoms with Crippen molar-refractivity contribution < 1.29 is 0 Å². The van der Waals surface area contributed by atoms with Crippen LogP contribution >= 0.6 is 36.4 Å². The van der Waals surface area contributed by atoms with E-state index in [0.717, 1.165) is 55.5 Å². The molecule has 134 valence electrons. The van der Waals surface area contributed by atoms with Gasteiger partial charge in [-0.15, -0.1) is 24.8 Å². The number of piperidine rings is 1. The van der Waals surface area contributed by atoms with E-state index in [9.17, 15) is 4.79 Å². The molecular weight excluding hydrogens is 371 g/mol. The smallest absolute Gasteiger partial charge is 0.250 e. The van der Waals surface area contributed by atoms with Gasteiger partial charge in [-0.05, 0) is 44.0 Å². The third-order valence-corrected chi connectivity index (χ3v) is 4.82. The molecule has 1 aliphatic heterocycles. The van der Waals surface area contributed by atoms with Crippen molar-refractivity contribution >= 4 is 47.4 Å². The third-order valence-electron chi connectivity index (χ3n) is 4.49. The molecule has 24 heavy (non-hydrogen) atoms. The maximum Gasteiger partial charge on any atom is 0.250 e. The molecule has 5 nitrogen and oxygen atoms in total. The summed E-state index contributed by atoms with van der Waals surface area (Å²) in [5.41, 5.74) is 8.56. The maximum absolute atomic E-state index is 11.9. The molecule has 2 aromatic rings. The summed E-state index contributed by atoms with van der Waals surface area (Å²) < 4.78 is 1.63. The summed E-state index contributed by atoms with van der Waals surface area (Å²) in [5, 5.41) is 0.627. The van der Waals surface area contributed by atoms with Crippen LogP contribution in [-0.2, 0) is 13.5 Å². The molecule has 3 rings (SSSR count). The van der Waals surface area contributed by atoms with Crippen molar-refractivity contribution in [3.63, 3.8) is 0 Å². The maximum atomic E-state index is 11.9. The van der Waals surface area contributed by atoms with Crippen LogP contribution in [0.1, 0.15) is 18.4 Å². The minimum absolute atomic E-state index is 0. The van der Waals surface area contributed by atoms with Crippen molar-refractivity contribution in [2.45, 2.75) is 25.3 Å². The third kappa shape index (κ3) is 4.41. The van der Waals surface area contributed by atoms with E-state index in [1.165, 1.54) is 0 Å². The van der Waals surface area contributed by atoms with E-state index in [0.29, 0.717) is 11.1 Å². The van der Waals surface area contributed by atoms with Crippen LogP contribution < -0.4 is 11.3 Å². The van der Waals surface area contributed by atoms with Crippen molar-refractivity contribution in [2.24, 2.45) is 12.8 Å². The van der Waals surface area contributed by atoms with Gasteiger partial charge in [0.25, 0.3) is 5.56 Å². The Kier molecular flexibility index (Phi) is 7.96. The quantitative estimate of drug-likeness (QED) is 0.869. The van der Waals surface area contributed by atoms with Crippen molar-refractivity contribution in [2.75, 3.05) is 19.6 Å². The number of nitrogens with zero attached hydrogens (tertiary/aromatic N) is 3. The molecule has 1 fully saturated rings. The van der Waals surface area contributed by atoms with Crippen molar-refractivity contribution in [1.82, 2.24) is 14.5 Å². The Morgan fingerprint density at radius 3 is 2.62 bits per heavy atom. The monoisotopic (exact) mass is 392 g/mol. The minimum Gasteiger partial charge on any atom is -0.328 e. The Labute approximate surface area is 159 Å². The average Bonchev–Trinajstić information content (AvgIpc) is 2.52. The summed E-state index contributed by atoms with van der Waals surface area (Å²) in [4.78, 5) is 18.6. The first-order chi connectivity index (χ1) is 10.6. The molecule has 0 bridgehead atoms. The molecule has 8 heteroatoms. The summed E-state index contributed by atoms with van der Waals surface area (Å²) in [5.74, 6) is 0. The summed E-state index contributed by atoms with van der Waals surface area (Å²) in [6.07, 6.45) is 4.58. The first kappa shape index (κ1) is 21.2. The fourth-order valence-electron chi connectivity index (χ4n) is 3.09. The number of aromatic nitrogens is 2. The van der Waals surface area contributed by atoms with E-state index in [1.54, 1.807) is 29.9 Å². The van der Waals surface area contributed by atoms with Gasteiger partial charge in [-0.25, -0.2) is 0 Å². The second kappa shape index (κ2) is 9.02. The highest BCUT2D eigenvalue weighted by Gasteiger charge is 2.17. The molecule has 0 amide bonds. The number of hydrogen-bond donors (Lipinski definition) is 1. The molecule has 0 atom stereocenters. The molecule has 0 radical (unpaired) electrons. The van der Waals surface area contributed by atoms with Gasteiger partial charge >= 0.3 is 0 Å². The zero-order chi connectivity index (χ0) is 15.7. The minimum atomic E-state index is -0.0400. The van der Waals surface area contributed by atoms with Crippen molar-refractivity contribution in [3.05, 3.63) is 39.3 Å². The number of hydrogen-bond acceptors (Lipinski definition) is 4. The van der Waals surface area contributed by atoms with Crippen LogP contribution in [0.3, 0.4) is 0 Å². The normalized spacial score (nSPS) is 15.8. The van der Waals surface area contributed by atoms with Crippen LogP contribution in [0.15, 0.2) is 23.1 Å². The summed E-state index contributed by atoms with van der Waals surface area (Å²) in [7, 11) is 1.77. The van der Waals surface area contributed by atoms with Crippen LogP contribution in [0, 0.1) is 0 Å². The van der Waals surface area contributed by atoms with Gasteiger partial charge in [0.15, 0.2) is 0 Å². The number of rotatable bonds is 3. The summed E-state index contributed by atoms with van der Waals surface area (Å²) in [6, 6.07) is 3.64. The van der Waals surface area contributed by atoms with Crippen LogP contribution in [-0.4, -0.2) is 40.1 Å². The topological polar surface area (TPSA) is 64.2 Å². The van der Waals surface area contributed by atoms with Gasteiger partial charge in [-0.2, -0.15) is 0 Å². The van der Waals surface area contributed by atoms with Crippen molar-refractivity contribution in [1.29, 1.82) is 0 Å². The molecule has 1 aliphatic rings. The standard InChI is InChI=1S/C16H21ClN4O.2ClH/c1-20-15(22)3-2-14-16(20)12(13(17)10-19-14)6-9-21-7-4-11(18)5-8-21;;/h2-3,10-11H,4-9,18H2,1H3;2*1H. The highest BCUT2D eigenvalue weighted by atomic mass is 35.5. The van der Waals surface area contributed by atoms with Gasteiger partial charge in [0.1, 0.15) is 0 Å². The van der Waals surface area contributed by atoms with Crippen molar-refractivity contribution in [3.8, 4) is 0 Å². The molecule has 0 unspecified atom stereocenters. The largest absolute Gasteiger partial charge is 0.328 e. The second-order valence-electron chi connectivity index (χ2n) is 5.98. The molecule has 3 heterocycles. The van der Waals surface area contributed by atoms with E-state index in [2.05, 4.69) is 9.88 Å². The molecule has 0 aromatic carbocycles. The second-order valence-corrected chi connectivity index (χ2v) is 6.39. The van der Waals surface area contributed by atoms with Crippen LogP contribution in [0.4, 0.5) is 0 Å². The molecule has 1 saturated heterocycles. The predicted octanol–water partition coefficient (Wildman–Crippen LogP) is 2.40. The number of likely N-dealkylation sites (tertiary alicyclic amines) is 1. The number of fused-ring (bicyclic) bond motifs is 1. The van der Waals surface area contributed by atoms with Crippen LogP contribution in [0.25, 0.3) is 11.0 Å². The number of pyridine rings is 2. The Bertz CT molecular complexity index is 742. The highest BCUT2D eigenvalue weighted by molar-refractivity contribution is 6.32. The van der Waals surface area contributed by atoms with Gasteiger partial charge in [0, 0.05) is 31.9 Å². The summed E-state index contributed by atoms with van der Waals surface area (Å²) >= 11 is 6.35. The molecule has 2 aromatic heterocycles. The molecule has 0 saturated carbocycles. The van der Waals surface area contributed by atoms with E-state index in [-0.39, 0.29) is 30.4 Å². The molecule has 0 aliphatic carbocycles. The average molecular weight is 394 g/mol. The first-order valence-corrected chi connectivity index (χ1v) is 8.05. The highest BCUT2D eigenvalue weighted by Crippen LogP contribution is 2.24. The lowest BCUT2D eigenvalue weighted by Gasteiger charge is -2.30. The Balaban J connectivity index is 0.00000144. The van der Waals surface area contributed by atoms with E-state index in [1.807, 2.05) is 0 Å². The van der Waals surface area contributed by atoms with E-state index < -0.39 is 0 Å². The lowest BCUT2D eigenvalue weighted by Crippen LogP contribution is -2.40. The molecule has 2 N–H and O–H groups in total. The Hall–Kier alpha value is -0.850. The van der Waals surface area contributed by atoms with Gasteiger partial charge in [-0.3, -0.25) is 9.78 Å². The Morgan fingerprint density at radius 1 is 1.29 bits per heavy atom. The number of nitrogens with two attached hydrogens (primary N) is 1. The molecular formula is C16H23Cl3N4O. The van der Waals surface area contributed by atoms with Gasteiger partial charge in [0.2, 0.25) is 0 Å².